The van der Waals surface area contributed by atoms with Gasteiger partial charge in [0.2, 0.25) is 0 Å². The van der Waals surface area contributed by atoms with E-state index in [2.05, 4.69) is 5.32 Å². The Labute approximate surface area is 116 Å². The van der Waals surface area contributed by atoms with Crippen molar-refractivity contribution in [3.8, 4) is 0 Å². The number of carbonyl (C=O) groups excluding carboxylic acids is 1. The molecule has 0 aliphatic rings. The first-order valence-electron chi connectivity index (χ1n) is 5.46. The van der Waals surface area contributed by atoms with Gasteiger partial charge in [-0.25, -0.2) is 0 Å². The minimum absolute atomic E-state index is 0.284. The topological polar surface area (TPSA) is 69.6 Å². The Morgan fingerprint density at radius 1 is 1.22 bits per heavy atom. The van der Waals surface area contributed by atoms with E-state index in [1.807, 2.05) is 0 Å². The van der Waals surface area contributed by atoms with Crippen molar-refractivity contribution in [1.82, 2.24) is 5.32 Å². The third kappa shape index (κ3) is 3.59. The lowest BCUT2D eigenvalue weighted by molar-refractivity contribution is 0.0653. The van der Waals surface area contributed by atoms with Gasteiger partial charge < -0.3 is 15.5 Å². The van der Waals surface area contributed by atoms with Gasteiger partial charge in [0.1, 0.15) is 0 Å². The number of aliphatic hydroxyl groups excluding tert-OH is 2. The predicted molar refractivity (Wildman–Crippen MR) is 71.1 cm³/mol. The van der Waals surface area contributed by atoms with E-state index in [0.717, 1.165) is 0 Å². The van der Waals surface area contributed by atoms with Crippen molar-refractivity contribution in [3.05, 3.63) is 33.8 Å². The average Bonchev–Trinajstić information content (AvgIpc) is 2.35. The number of rotatable bonds is 5. The van der Waals surface area contributed by atoms with E-state index in [4.69, 9.17) is 23.2 Å². The van der Waals surface area contributed by atoms with Crippen LogP contribution in [0.25, 0.3) is 0 Å². The summed E-state index contributed by atoms with van der Waals surface area (Å²) < 4.78 is 0. The van der Waals surface area contributed by atoms with E-state index >= 15 is 0 Å². The molecule has 1 amide bonds. The van der Waals surface area contributed by atoms with Crippen molar-refractivity contribution in [2.24, 2.45) is 0 Å². The minimum atomic E-state index is -1.04. The van der Waals surface area contributed by atoms with Crippen LogP contribution in [0.4, 0.5) is 0 Å². The van der Waals surface area contributed by atoms with Crippen molar-refractivity contribution in [3.63, 3.8) is 0 Å². The quantitative estimate of drug-likeness (QED) is 0.776. The summed E-state index contributed by atoms with van der Waals surface area (Å²) in [6, 6.07) is 4.46. The van der Waals surface area contributed by atoms with Gasteiger partial charge >= 0.3 is 0 Å². The SMILES string of the molecule is CCC(CO)(CO)NC(=O)c1cc(Cl)cc(Cl)c1. The van der Waals surface area contributed by atoms with Gasteiger partial charge in [0.05, 0.1) is 18.8 Å². The fourth-order valence-corrected chi connectivity index (χ4v) is 1.97. The third-order valence-corrected chi connectivity index (χ3v) is 3.22. The average molecular weight is 292 g/mol. The zero-order valence-corrected chi connectivity index (χ0v) is 11.4. The summed E-state index contributed by atoms with van der Waals surface area (Å²) in [5.41, 5.74) is -0.751. The summed E-state index contributed by atoms with van der Waals surface area (Å²) in [7, 11) is 0. The van der Waals surface area contributed by atoms with Gasteiger partial charge in [-0.15, -0.1) is 0 Å². The molecule has 4 nitrogen and oxygen atoms in total. The predicted octanol–water partition coefficient (Wildman–Crippen LogP) is 1.86. The Kier molecular flexibility index (Phi) is 5.41. The van der Waals surface area contributed by atoms with Crippen molar-refractivity contribution in [2.45, 2.75) is 18.9 Å². The van der Waals surface area contributed by atoms with E-state index in [9.17, 15) is 15.0 Å². The van der Waals surface area contributed by atoms with Gasteiger partial charge in [-0.3, -0.25) is 4.79 Å². The van der Waals surface area contributed by atoms with Crippen LogP contribution in [-0.4, -0.2) is 34.9 Å². The van der Waals surface area contributed by atoms with E-state index in [1.54, 1.807) is 6.92 Å². The van der Waals surface area contributed by atoms with Gasteiger partial charge in [0, 0.05) is 15.6 Å². The van der Waals surface area contributed by atoms with Crippen LogP contribution in [0, 0.1) is 0 Å². The van der Waals surface area contributed by atoms with Crippen LogP contribution < -0.4 is 5.32 Å². The molecule has 0 heterocycles. The second-order valence-electron chi connectivity index (χ2n) is 4.06. The maximum Gasteiger partial charge on any atom is 0.251 e. The molecule has 1 aromatic rings. The van der Waals surface area contributed by atoms with Crippen LogP contribution in [0.3, 0.4) is 0 Å². The van der Waals surface area contributed by atoms with E-state index in [0.29, 0.717) is 16.5 Å². The van der Waals surface area contributed by atoms with Gasteiger partial charge in [-0.05, 0) is 24.6 Å². The lowest BCUT2D eigenvalue weighted by atomic mass is 9.98. The molecule has 0 radical (unpaired) electrons. The number of nitrogens with one attached hydrogen (secondary N) is 1. The molecule has 3 N–H and O–H groups in total. The van der Waals surface area contributed by atoms with Crippen LogP contribution in [0.5, 0.6) is 0 Å². The maximum absolute atomic E-state index is 12.0. The van der Waals surface area contributed by atoms with Crippen molar-refractivity contribution < 1.29 is 15.0 Å². The molecule has 0 bridgehead atoms. The molecule has 0 saturated heterocycles. The molecule has 0 aliphatic heterocycles. The number of amides is 1. The van der Waals surface area contributed by atoms with Gasteiger partial charge in [0.25, 0.3) is 5.91 Å². The van der Waals surface area contributed by atoms with Gasteiger partial charge in [-0.1, -0.05) is 30.1 Å². The molecule has 1 aromatic carbocycles. The summed E-state index contributed by atoms with van der Waals surface area (Å²) in [4.78, 5) is 12.0. The molecule has 0 saturated carbocycles. The Hall–Kier alpha value is -0.810. The summed E-state index contributed by atoms with van der Waals surface area (Å²) in [6.45, 7) is 1.07. The Morgan fingerprint density at radius 2 is 1.72 bits per heavy atom. The molecule has 0 fully saturated rings. The normalized spacial score (nSPS) is 11.4. The summed E-state index contributed by atoms with van der Waals surface area (Å²) in [5, 5.41) is 21.8. The Morgan fingerprint density at radius 3 is 2.11 bits per heavy atom. The Bertz CT molecular complexity index is 405. The van der Waals surface area contributed by atoms with Crippen molar-refractivity contribution in [1.29, 1.82) is 0 Å². The van der Waals surface area contributed by atoms with Crippen LogP contribution in [-0.2, 0) is 0 Å². The second kappa shape index (κ2) is 6.38. The first-order valence-corrected chi connectivity index (χ1v) is 6.22. The molecule has 0 aromatic heterocycles. The van der Waals surface area contributed by atoms with E-state index in [-0.39, 0.29) is 18.8 Å². The molecule has 0 unspecified atom stereocenters. The first-order chi connectivity index (χ1) is 8.46. The number of halogens is 2. The minimum Gasteiger partial charge on any atom is -0.394 e. The number of benzene rings is 1. The van der Waals surface area contributed by atoms with Crippen molar-refractivity contribution in [2.75, 3.05) is 13.2 Å². The third-order valence-electron chi connectivity index (χ3n) is 2.79. The maximum atomic E-state index is 12.0. The standard InChI is InChI=1S/C12H15Cl2NO3/c1-2-12(6-16,7-17)15-11(18)8-3-9(13)5-10(14)4-8/h3-5,16-17H,2,6-7H2,1H3,(H,15,18). The fourth-order valence-electron chi connectivity index (χ4n) is 1.44. The summed E-state index contributed by atoms with van der Waals surface area (Å²) >= 11 is 11.6. The van der Waals surface area contributed by atoms with Crippen LogP contribution in [0.1, 0.15) is 23.7 Å². The van der Waals surface area contributed by atoms with Gasteiger partial charge in [0.15, 0.2) is 0 Å². The fraction of sp³-hybridized carbons (Fsp3) is 0.417. The molecular formula is C12H15Cl2NO3. The summed E-state index contributed by atoms with van der Waals surface area (Å²) in [6.07, 6.45) is 0.403. The highest BCUT2D eigenvalue weighted by molar-refractivity contribution is 6.35. The zero-order valence-electron chi connectivity index (χ0n) is 9.91. The number of hydrogen-bond donors (Lipinski definition) is 3. The number of carbonyl (C=O) groups is 1. The largest absolute Gasteiger partial charge is 0.394 e. The van der Waals surface area contributed by atoms with Gasteiger partial charge in [-0.2, -0.15) is 0 Å². The van der Waals surface area contributed by atoms with Crippen LogP contribution >= 0.6 is 23.2 Å². The number of aliphatic hydroxyl groups is 2. The van der Waals surface area contributed by atoms with E-state index in [1.165, 1.54) is 18.2 Å². The second-order valence-corrected chi connectivity index (χ2v) is 4.94. The highest BCUT2D eigenvalue weighted by Crippen LogP contribution is 2.20. The molecule has 0 spiro atoms. The van der Waals surface area contributed by atoms with E-state index < -0.39 is 11.4 Å². The lowest BCUT2D eigenvalue weighted by Crippen LogP contribution is -2.53. The zero-order chi connectivity index (χ0) is 13.8. The summed E-state index contributed by atoms with van der Waals surface area (Å²) in [5.74, 6) is -0.440. The Balaban J connectivity index is 2.94. The molecule has 6 heteroatoms. The smallest absolute Gasteiger partial charge is 0.251 e. The first kappa shape index (κ1) is 15.2. The highest BCUT2D eigenvalue weighted by Gasteiger charge is 2.29. The molecule has 1 rings (SSSR count). The molecular weight excluding hydrogens is 277 g/mol. The monoisotopic (exact) mass is 291 g/mol. The number of hydrogen-bond acceptors (Lipinski definition) is 3. The molecule has 0 atom stereocenters. The molecule has 100 valence electrons. The lowest BCUT2D eigenvalue weighted by Gasteiger charge is -2.29. The molecule has 0 aliphatic carbocycles. The van der Waals surface area contributed by atoms with Crippen LogP contribution in [0.2, 0.25) is 10.0 Å². The van der Waals surface area contributed by atoms with Crippen LogP contribution in [0.15, 0.2) is 18.2 Å². The van der Waals surface area contributed by atoms with Crippen molar-refractivity contribution >= 4 is 29.1 Å². The highest BCUT2D eigenvalue weighted by atomic mass is 35.5. The molecule has 18 heavy (non-hydrogen) atoms.